The van der Waals surface area contributed by atoms with Gasteiger partial charge in [0.15, 0.2) is 0 Å². The molecule has 2 aromatic rings. The van der Waals surface area contributed by atoms with E-state index in [0.29, 0.717) is 6.04 Å². The minimum absolute atomic E-state index is 0.400. The third kappa shape index (κ3) is 4.59. The van der Waals surface area contributed by atoms with Crippen molar-refractivity contribution in [1.29, 1.82) is 0 Å². The first kappa shape index (κ1) is 14.4. The molecule has 0 aliphatic rings. The van der Waals surface area contributed by atoms with Crippen LogP contribution in [0.1, 0.15) is 12.5 Å². The van der Waals surface area contributed by atoms with E-state index in [0.717, 1.165) is 24.5 Å². The van der Waals surface area contributed by atoms with Gasteiger partial charge in [-0.25, -0.2) is 0 Å². The Labute approximate surface area is 121 Å². The van der Waals surface area contributed by atoms with Crippen LogP contribution in [0, 0.1) is 0 Å². The van der Waals surface area contributed by atoms with Gasteiger partial charge in [0.2, 0.25) is 0 Å². The highest BCUT2D eigenvalue weighted by molar-refractivity contribution is 5.46. The molecule has 0 aromatic heterocycles. The minimum atomic E-state index is 0.400. The van der Waals surface area contributed by atoms with Gasteiger partial charge in [0.1, 0.15) is 5.75 Å². The molecule has 0 aliphatic carbocycles. The van der Waals surface area contributed by atoms with Gasteiger partial charge in [0, 0.05) is 24.8 Å². The summed E-state index contributed by atoms with van der Waals surface area (Å²) in [7, 11) is 1.68. The van der Waals surface area contributed by atoms with E-state index in [1.165, 1.54) is 5.56 Å². The van der Waals surface area contributed by atoms with Gasteiger partial charge in [-0.15, -0.1) is 0 Å². The van der Waals surface area contributed by atoms with Crippen LogP contribution in [0.4, 0.5) is 5.69 Å². The highest BCUT2D eigenvalue weighted by Gasteiger charge is 2.01. The predicted octanol–water partition coefficient (Wildman–Crippen LogP) is 3.29. The van der Waals surface area contributed by atoms with Gasteiger partial charge < -0.3 is 15.4 Å². The Morgan fingerprint density at radius 3 is 2.35 bits per heavy atom. The molecular weight excluding hydrogens is 248 g/mol. The zero-order chi connectivity index (χ0) is 14.2. The highest BCUT2D eigenvalue weighted by Crippen LogP contribution is 2.14. The molecule has 1 atom stereocenters. The number of ether oxygens (including phenoxy) is 1. The lowest BCUT2D eigenvalue weighted by atomic mass is 10.2. The van der Waals surface area contributed by atoms with Crippen LogP contribution in [-0.4, -0.2) is 19.7 Å². The fourth-order valence-corrected chi connectivity index (χ4v) is 1.94. The average molecular weight is 270 g/mol. The molecule has 0 saturated carbocycles. The molecule has 3 heteroatoms. The molecule has 20 heavy (non-hydrogen) atoms. The lowest BCUT2D eigenvalue weighted by molar-refractivity contribution is 0.415. The van der Waals surface area contributed by atoms with Crippen molar-refractivity contribution in [3.8, 4) is 5.75 Å². The summed E-state index contributed by atoms with van der Waals surface area (Å²) < 4.78 is 5.14. The summed E-state index contributed by atoms with van der Waals surface area (Å²) >= 11 is 0. The van der Waals surface area contributed by atoms with Gasteiger partial charge in [0.05, 0.1) is 7.11 Å². The summed E-state index contributed by atoms with van der Waals surface area (Å²) in [5.74, 6) is 0.880. The molecule has 2 aromatic carbocycles. The Hall–Kier alpha value is -2.00. The number of methoxy groups -OCH3 is 1. The van der Waals surface area contributed by atoms with Gasteiger partial charge in [-0.05, 0) is 36.8 Å². The molecule has 0 amide bonds. The van der Waals surface area contributed by atoms with Crippen LogP contribution in [0.25, 0.3) is 0 Å². The predicted molar refractivity (Wildman–Crippen MR) is 84.2 cm³/mol. The van der Waals surface area contributed by atoms with Crippen molar-refractivity contribution in [2.45, 2.75) is 19.5 Å². The van der Waals surface area contributed by atoms with Crippen LogP contribution < -0.4 is 15.4 Å². The van der Waals surface area contributed by atoms with E-state index in [9.17, 15) is 0 Å². The number of benzene rings is 2. The number of rotatable bonds is 7. The summed E-state index contributed by atoms with van der Waals surface area (Å²) in [5.41, 5.74) is 2.42. The van der Waals surface area contributed by atoms with Crippen LogP contribution >= 0.6 is 0 Å². The lowest BCUT2D eigenvalue weighted by Crippen LogP contribution is -2.32. The van der Waals surface area contributed by atoms with Crippen molar-refractivity contribution in [1.82, 2.24) is 5.32 Å². The topological polar surface area (TPSA) is 33.3 Å². The molecule has 0 spiro atoms. The maximum Gasteiger partial charge on any atom is 0.119 e. The summed E-state index contributed by atoms with van der Waals surface area (Å²) in [4.78, 5) is 0. The second-order valence-corrected chi connectivity index (χ2v) is 4.88. The standard InChI is InChI=1S/C17H22N2O/c1-14(18-13-15-6-4-3-5-7-15)12-19-16-8-10-17(20-2)11-9-16/h3-11,14,18-19H,12-13H2,1-2H3/t14-/m1/s1. The van der Waals surface area contributed by atoms with E-state index in [-0.39, 0.29) is 0 Å². The van der Waals surface area contributed by atoms with Gasteiger partial charge in [-0.3, -0.25) is 0 Å². The van der Waals surface area contributed by atoms with Crippen LogP contribution in [-0.2, 0) is 6.54 Å². The Bertz CT molecular complexity index is 496. The Morgan fingerprint density at radius 2 is 1.70 bits per heavy atom. The smallest absolute Gasteiger partial charge is 0.119 e. The average Bonchev–Trinajstić information content (AvgIpc) is 2.52. The molecule has 0 bridgehead atoms. The fraction of sp³-hybridized carbons (Fsp3) is 0.294. The van der Waals surface area contributed by atoms with Gasteiger partial charge in [0.25, 0.3) is 0 Å². The molecule has 0 radical (unpaired) electrons. The monoisotopic (exact) mass is 270 g/mol. The van der Waals surface area contributed by atoms with E-state index in [2.05, 4.69) is 41.8 Å². The molecule has 0 heterocycles. The SMILES string of the molecule is COc1ccc(NC[C@@H](C)NCc2ccccc2)cc1. The van der Waals surface area contributed by atoms with Crippen LogP contribution in [0.2, 0.25) is 0 Å². The summed E-state index contributed by atoms with van der Waals surface area (Å²) in [5, 5.41) is 6.92. The van der Waals surface area contributed by atoms with Gasteiger partial charge >= 0.3 is 0 Å². The first-order valence-corrected chi connectivity index (χ1v) is 6.93. The molecule has 0 aliphatic heterocycles. The number of hydrogen-bond acceptors (Lipinski definition) is 3. The van der Waals surface area contributed by atoms with Gasteiger partial charge in [-0.2, -0.15) is 0 Å². The molecule has 2 rings (SSSR count). The second-order valence-electron chi connectivity index (χ2n) is 4.88. The molecular formula is C17H22N2O. The normalized spacial score (nSPS) is 11.9. The Balaban J connectivity index is 1.73. The third-order valence-electron chi connectivity index (χ3n) is 3.20. The van der Waals surface area contributed by atoms with E-state index < -0.39 is 0 Å². The van der Waals surface area contributed by atoms with Crippen molar-refractivity contribution in [2.24, 2.45) is 0 Å². The van der Waals surface area contributed by atoms with Crippen molar-refractivity contribution in [3.05, 3.63) is 60.2 Å². The summed E-state index contributed by atoms with van der Waals surface area (Å²) in [6, 6.07) is 18.8. The molecule has 0 saturated heterocycles. The summed E-state index contributed by atoms with van der Waals surface area (Å²) in [6.07, 6.45) is 0. The maximum absolute atomic E-state index is 5.14. The molecule has 3 nitrogen and oxygen atoms in total. The molecule has 0 unspecified atom stereocenters. The molecule has 2 N–H and O–H groups in total. The minimum Gasteiger partial charge on any atom is -0.497 e. The third-order valence-corrected chi connectivity index (χ3v) is 3.20. The zero-order valence-electron chi connectivity index (χ0n) is 12.1. The quantitative estimate of drug-likeness (QED) is 0.810. The zero-order valence-corrected chi connectivity index (χ0v) is 12.1. The Kier molecular flexibility index (Phi) is 5.44. The lowest BCUT2D eigenvalue weighted by Gasteiger charge is -2.15. The maximum atomic E-state index is 5.14. The number of nitrogens with one attached hydrogen (secondary N) is 2. The molecule has 106 valence electrons. The summed E-state index contributed by atoms with van der Waals surface area (Å²) in [6.45, 7) is 3.96. The van der Waals surface area contributed by atoms with E-state index in [1.54, 1.807) is 7.11 Å². The van der Waals surface area contributed by atoms with Crippen molar-refractivity contribution >= 4 is 5.69 Å². The highest BCUT2D eigenvalue weighted by atomic mass is 16.5. The van der Waals surface area contributed by atoms with Crippen molar-refractivity contribution in [3.63, 3.8) is 0 Å². The van der Waals surface area contributed by atoms with Gasteiger partial charge in [-0.1, -0.05) is 30.3 Å². The van der Waals surface area contributed by atoms with E-state index in [4.69, 9.17) is 4.74 Å². The number of anilines is 1. The molecule has 0 fully saturated rings. The first-order chi connectivity index (χ1) is 9.78. The first-order valence-electron chi connectivity index (χ1n) is 6.93. The van der Waals surface area contributed by atoms with Crippen LogP contribution in [0.5, 0.6) is 5.75 Å². The van der Waals surface area contributed by atoms with Crippen LogP contribution in [0.3, 0.4) is 0 Å². The number of hydrogen-bond donors (Lipinski definition) is 2. The van der Waals surface area contributed by atoms with Crippen molar-refractivity contribution < 1.29 is 4.74 Å². The fourth-order valence-electron chi connectivity index (χ4n) is 1.94. The van der Waals surface area contributed by atoms with Crippen LogP contribution in [0.15, 0.2) is 54.6 Å². The van der Waals surface area contributed by atoms with E-state index >= 15 is 0 Å². The second kappa shape index (κ2) is 7.56. The Morgan fingerprint density at radius 1 is 1.00 bits per heavy atom. The largest absolute Gasteiger partial charge is 0.497 e. The van der Waals surface area contributed by atoms with E-state index in [1.807, 2.05) is 30.3 Å². The van der Waals surface area contributed by atoms with Crippen molar-refractivity contribution in [2.75, 3.05) is 19.0 Å².